The highest BCUT2D eigenvalue weighted by molar-refractivity contribution is 6.31. The molecule has 0 aliphatic heterocycles. The zero-order valence-electron chi connectivity index (χ0n) is 10.5. The van der Waals surface area contributed by atoms with Crippen molar-refractivity contribution in [1.82, 2.24) is 0 Å². The van der Waals surface area contributed by atoms with Gasteiger partial charge in [0, 0.05) is 23.3 Å². The molecule has 98 valence electrons. The smallest absolute Gasteiger partial charge is 0.260 e. The van der Waals surface area contributed by atoms with Crippen molar-refractivity contribution in [1.29, 1.82) is 0 Å². The lowest BCUT2D eigenvalue weighted by atomic mass is 10.1. The first-order chi connectivity index (χ1) is 9.11. The number of carbonyl (C=O) groups is 1. The molecular weight excluding hydrogens is 262 g/mol. The number of likely N-dealkylation sites (N-methyl/N-ethyl adjacent to an activating group) is 1. The highest BCUT2D eigenvalue weighted by atomic mass is 35.5. The van der Waals surface area contributed by atoms with Crippen molar-refractivity contribution in [2.45, 2.75) is 6.10 Å². The summed E-state index contributed by atoms with van der Waals surface area (Å²) in [5.74, 6) is -0.417. The lowest BCUT2D eigenvalue weighted by molar-refractivity contribution is -0.126. The van der Waals surface area contributed by atoms with Crippen molar-refractivity contribution in [2.24, 2.45) is 0 Å². The molecule has 0 spiro atoms. The largest absolute Gasteiger partial charge is 0.378 e. The fourth-order valence-corrected chi connectivity index (χ4v) is 2.03. The Morgan fingerprint density at radius 2 is 1.68 bits per heavy atom. The van der Waals surface area contributed by atoms with Crippen molar-refractivity contribution >= 4 is 23.2 Å². The number of halogens is 1. The van der Waals surface area contributed by atoms with Crippen molar-refractivity contribution in [2.75, 3.05) is 11.9 Å². The first kappa shape index (κ1) is 13.6. The maximum absolute atomic E-state index is 12.2. The Balaban J connectivity index is 2.23. The van der Waals surface area contributed by atoms with Crippen LogP contribution in [-0.4, -0.2) is 18.1 Å². The standard InChI is InChI=1S/C15H14ClNO2/c1-17(11-7-3-2-4-8-11)15(19)14(18)12-9-5-6-10-13(12)16/h2-10,14,18H,1H3. The lowest BCUT2D eigenvalue weighted by Crippen LogP contribution is -2.31. The third-order valence-electron chi connectivity index (χ3n) is 2.91. The number of rotatable bonds is 3. The minimum absolute atomic E-state index is 0.379. The zero-order chi connectivity index (χ0) is 13.8. The van der Waals surface area contributed by atoms with Gasteiger partial charge in [-0.15, -0.1) is 0 Å². The molecule has 1 N–H and O–H groups in total. The van der Waals surface area contributed by atoms with Gasteiger partial charge in [0.2, 0.25) is 0 Å². The van der Waals surface area contributed by atoms with Crippen LogP contribution in [0.15, 0.2) is 54.6 Å². The van der Waals surface area contributed by atoms with E-state index in [1.165, 1.54) is 4.90 Å². The molecular formula is C15H14ClNO2. The maximum atomic E-state index is 12.2. The van der Waals surface area contributed by atoms with Crippen LogP contribution in [0, 0.1) is 0 Å². The second-order valence-electron chi connectivity index (χ2n) is 4.16. The minimum Gasteiger partial charge on any atom is -0.378 e. The average molecular weight is 276 g/mol. The average Bonchev–Trinajstić information content (AvgIpc) is 2.46. The molecule has 0 aliphatic carbocycles. The summed E-state index contributed by atoms with van der Waals surface area (Å²) < 4.78 is 0. The van der Waals surface area contributed by atoms with Gasteiger partial charge in [0.05, 0.1) is 0 Å². The molecule has 4 heteroatoms. The third-order valence-corrected chi connectivity index (χ3v) is 3.25. The van der Waals surface area contributed by atoms with Crippen LogP contribution in [0.4, 0.5) is 5.69 Å². The molecule has 2 aromatic rings. The molecule has 0 aliphatic rings. The van der Waals surface area contributed by atoms with E-state index < -0.39 is 12.0 Å². The van der Waals surface area contributed by atoms with E-state index in [-0.39, 0.29) is 0 Å². The van der Waals surface area contributed by atoms with Crippen molar-refractivity contribution < 1.29 is 9.90 Å². The van der Waals surface area contributed by atoms with Crippen molar-refractivity contribution in [3.63, 3.8) is 0 Å². The SMILES string of the molecule is CN(C(=O)C(O)c1ccccc1Cl)c1ccccc1. The summed E-state index contributed by atoms with van der Waals surface area (Å²) >= 11 is 5.98. The van der Waals surface area contributed by atoms with Gasteiger partial charge in [-0.25, -0.2) is 0 Å². The second kappa shape index (κ2) is 5.87. The molecule has 3 nitrogen and oxygen atoms in total. The predicted octanol–water partition coefficient (Wildman–Crippen LogP) is 3.04. The van der Waals surface area contributed by atoms with Gasteiger partial charge in [0.1, 0.15) is 0 Å². The molecule has 0 radical (unpaired) electrons. The molecule has 1 amide bonds. The Bertz CT molecular complexity index is 571. The summed E-state index contributed by atoms with van der Waals surface area (Å²) in [6, 6.07) is 15.9. The van der Waals surface area contributed by atoms with E-state index >= 15 is 0 Å². The summed E-state index contributed by atoms with van der Waals surface area (Å²) in [7, 11) is 1.62. The topological polar surface area (TPSA) is 40.5 Å². The molecule has 0 bridgehead atoms. The van der Waals surface area contributed by atoms with E-state index in [1.54, 1.807) is 43.4 Å². The molecule has 0 saturated heterocycles. The predicted molar refractivity (Wildman–Crippen MR) is 76.3 cm³/mol. The molecule has 2 aromatic carbocycles. The molecule has 0 aromatic heterocycles. The zero-order valence-corrected chi connectivity index (χ0v) is 11.2. The molecule has 1 atom stereocenters. The fraction of sp³-hybridized carbons (Fsp3) is 0.133. The van der Waals surface area contributed by atoms with Crippen LogP contribution in [0.25, 0.3) is 0 Å². The van der Waals surface area contributed by atoms with Crippen LogP contribution in [0.5, 0.6) is 0 Å². The Morgan fingerprint density at radius 3 is 2.32 bits per heavy atom. The van der Waals surface area contributed by atoms with Gasteiger partial charge in [-0.2, -0.15) is 0 Å². The second-order valence-corrected chi connectivity index (χ2v) is 4.56. The van der Waals surface area contributed by atoms with Gasteiger partial charge in [-0.05, 0) is 18.2 Å². The van der Waals surface area contributed by atoms with E-state index in [2.05, 4.69) is 0 Å². The van der Waals surface area contributed by atoms with Gasteiger partial charge < -0.3 is 10.0 Å². The number of carbonyl (C=O) groups excluding carboxylic acids is 1. The van der Waals surface area contributed by atoms with E-state index in [0.29, 0.717) is 10.6 Å². The highest BCUT2D eigenvalue weighted by Crippen LogP contribution is 2.25. The number of para-hydroxylation sites is 1. The number of benzene rings is 2. The van der Waals surface area contributed by atoms with Crippen LogP contribution in [0.3, 0.4) is 0 Å². The van der Waals surface area contributed by atoms with E-state index in [4.69, 9.17) is 11.6 Å². The minimum atomic E-state index is -1.26. The molecule has 1 unspecified atom stereocenters. The van der Waals surface area contributed by atoms with E-state index in [1.807, 2.05) is 18.2 Å². The van der Waals surface area contributed by atoms with Crippen LogP contribution < -0.4 is 4.90 Å². The quantitative estimate of drug-likeness (QED) is 0.935. The first-order valence-corrected chi connectivity index (χ1v) is 6.24. The van der Waals surface area contributed by atoms with Crippen molar-refractivity contribution in [3.05, 3.63) is 65.2 Å². The van der Waals surface area contributed by atoms with Gasteiger partial charge in [0.15, 0.2) is 6.10 Å². The normalized spacial score (nSPS) is 11.9. The van der Waals surface area contributed by atoms with Crippen LogP contribution in [0.2, 0.25) is 5.02 Å². The Hall–Kier alpha value is -1.84. The van der Waals surface area contributed by atoms with Gasteiger partial charge in [0.25, 0.3) is 5.91 Å². The van der Waals surface area contributed by atoms with Crippen LogP contribution in [-0.2, 0) is 4.79 Å². The number of nitrogens with zero attached hydrogens (tertiary/aromatic N) is 1. The summed E-state index contributed by atoms with van der Waals surface area (Å²) in [6.07, 6.45) is -1.26. The van der Waals surface area contributed by atoms with Crippen LogP contribution >= 0.6 is 11.6 Å². The van der Waals surface area contributed by atoms with Gasteiger partial charge >= 0.3 is 0 Å². The Morgan fingerprint density at radius 1 is 1.11 bits per heavy atom. The van der Waals surface area contributed by atoms with Gasteiger partial charge in [-0.1, -0.05) is 48.0 Å². The summed E-state index contributed by atoms with van der Waals surface area (Å²) in [6.45, 7) is 0. The highest BCUT2D eigenvalue weighted by Gasteiger charge is 2.23. The summed E-state index contributed by atoms with van der Waals surface area (Å²) in [5, 5.41) is 10.5. The van der Waals surface area contributed by atoms with Crippen LogP contribution in [0.1, 0.15) is 11.7 Å². The number of anilines is 1. The Kier molecular flexibility index (Phi) is 4.20. The lowest BCUT2D eigenvalue weighted by Gasteiger charge is -2.21. The molecule has 0 fully saturated rings. The number of hydrogen-bond donors (Lipinski definition) is 1. The molecule has 19 heavy (non-hydrogen) atoms. The molecule has 2 rings (SSSR count). The third kappa shape index (κ3) is 2.95. The maximum Gasteiger partial charge on any atom is 0.260 e. The number of hydrogen-bond acceptors (Lipinski definition) is 2. The number of aliphatic hydroxyl groups excluding tert-OH is 1. The monoisotopic (exact) mass is 275 g/mol. The van der Waals surface area contributed by atoms with Gasteiger partial charge in [-0.3, -0.25) is 4.79 Å². The Labute approximate surface area is 117 Å². The van der Waals surface area contributed by atoms with E-state index in [9.17, 15) is 9.90 Å². The van der Waals surface area contributed by atoms with E-state index in [0.717, 1.165) is 5.69 Å². The molecule has 0 heterocycles. The summed E-state index contributed by atoms with van der Waals surface area (Å²) in [5.41, 5.74) is 1.13. The first-order valence-electron chi connectivity index (χ1n) is 5.86. The summed E-state index contributed by atoms with van der Waals surface area (Å²) in [4.78, 5) is 13.6. The fourth-order valence-electron chi connectivity index (χ4n) is 1.79. The van der Waals surface area contributed by atoms with Crippen molar-refractivity contribution in [3.8, 4) is 0 Å². The molecule has 0 saturated carbocycles. The number of amides is 1. The number of aliphatic hydroxyl groups is 1.